The van der Waals surface area contributed by atoms with Gasteiger partial charge in [0.05, 0.1) is 0 Å². The summed E-state index contributed by atoms with van der Waals surface area (Å²) >= 11 is 0. The second kappa shape index (κ2) is 16.7. The summed E-state index contributed by atoms with van der Waals surface area (Å²) < 4.78 is 0. The van der Waals surface area contributed by atoms with Crippen LogP contribution in [0.5, 0.6) is 0 Å². The molecule has 10 saturated carbocycles. The predicted octanol–water partition coefficient (Wildman–Crippen LogP) is 14.6. The van der Waals surface area contributed by atoms with Gasteiger partial charge in [-0.25, -0.2) is 0 Å². The zero-order chi connectivity index (χ0) is 38.0. The third-order valence-corrected chi connectivity index (χ3v) is 22.1. The molecular weight excluding hydrogens is 677 g/mol. The Morgan fingerprint density at radius 3 is 0.982 bits per heavy atom. The molecule has 10 aliphatic rings. The third kappa shape index (κ3) is 7.29. The molecule has 318 valence electrons. The monoisotopic (exact) mass is 769 g/mol. The average Bonchev–Trinajstić information content (AvgIpc) is 3.61. The van der Waals surface area contributed by atoms with E-state index in [2.05, 4.69) is 37.5 Å². The van der Waals surface area contributed by atoms with Crippen molar-refractivity contribution in [3.63, 3.8) is 0 Å². The van der Waals surface area contributed by atoms with Crippen LogP contribution < -0.4 is 0 Å². The van der Waals surface area contributed by atoms with E-state index in [0.717, 1.165) is 95.4 Å². The molecular formula is C54H92N2. The Balaban J connectivity index is 0.830. The molecule has 10 atom stereocenters. The van der Waals surface area contributed by atoms with E-state index in [0.29, 0.717) is 10.8 Å². The summed E-state index contributed by atoms with van der Waals surface area (Å²) in [7, 11) is 0. The van der Waals surface area contributed by atoms with Crippen molar-refractivity contribution in [1.29, 1.82) is 0 Å². The Bertz CT molecular complexity index is 1200. The van der Waals surface area contributed by atoms with Crippen LogP contribution in [0, 0.1) is 70.0 Å². The van der Waals surface area contributed by atoms with Gasteiger partial charge < -0.3 is 0 Å². The SMILES string of the molecule is CC1(C)C2CCCCC2C2CCC(N(C3CCC(C4CCC(N(C5CCCCC5)C5CCCCC5)CC4)CC3)C3CCC4C5CCCCC5C(C)(C)C4C3)CC21. The molecule has 0 aliphatic heterocycles. The first-order chi connectivity index (χ1) is 27.3. The third-order valence-electron chi connectivity index (χ3n) is 22.1. The van der Waals surface area contributed by atoms with Gasteiger partial charge in [-0.3, -0.25) is 9.80 Å². The summed E-state index contributed by atoms with van der Waals surface area (Å²) in [6, 6.07) is 5.42. The molecule has 10 rings (SSSR count). The average molecular weight is 769 g/mol. The summed E-state index contributed by atoms with van der Waals surface area (Å²) in [5, 5.41) is 0. The van der Waals surface area contributed by atoms with E-state index >= 15 is 0 Å². The largest absolute Gasteiger partial charge is 0.294 e. The van der Waals surface area contributed by atoms with Crippen LogP contribution in [0.1, 0.15) is 233 Å². The lowest BCUT2D eigenvalue weighted by Gasteiger charge is -2.53. The number of fused-ring (bicyclic) bond motifs is 6. The van der Waals surface area contributed by atoms with E-state index in [9.17, 15) is 0 Å². The second-order valence-corrected chi connectivity index (χ2v) is 24.8. The van der Waals surface area contributed by atoms with Crippen molar-refractivity contribution >= 4 is 0 Å². The Morgan fingerprint density at radius 2 is 0.571 bits per heavy atom. The second-order valence-electron chi connectivity index (χ2n) is 24.8. The minimum atomic E-state index is 0.570. The molecule has 0 amide bonds. The maximum Gasteiger partial charge on any atom is 0.0104 e. The molecule has 0 heterocycles. The molecule has 56 heavy (non-hydrogen) atoms. The lowest BCUT2D eigenvalue weighted by atomic mass is 9.65. The zero-order valence-corrected chi connectivity index (χ0v) is 37.8. The molecule has 10 aliphatic carbocycles. The van der Waals surface area contributed by atoms with Crippen molar-refractivity contribution in [3.8, 4) is 0 Å². The minimum Gasteiger partial charge on any atom is -0.294 e. The summed E-state index contributed by atoms with van der Waals surface area (Å²) in [4.78, 5) is 6.66. The molecule has 0 spiro atoms. The fourth-order valence-electron chi connectivity index (χ4n) is 19.7. The Labute approximate surface area is 348 Å². The van der Waals surface area contributed by atoms with Crippen LogP contribution in [0.15, 0.2) is 0 Å². The fourth-order valence-corrected chi connectivity index (χ4v) is 19.7. The van der Waals surface area contributed by atoms with E-state index in [4.69, 9.17) is 0 Å². The first-order valence-electron chi connectivity index (χ1n) is 26.8. The predicted molar refractivity (Wildman–Crippen MR) is 237 cm³/mol. The van der Waals surface area contributed by atoms with Crippen molar-refractivity contribution in [3.05, 3.63) is 0 Å². The lowest BCUT2D eigenvalue weighted by Crippen LogP contribution is -2.55. The van der Waals surface area contributed by atoms with Crippen LogP contribution in [0.2, 0.25) is 0 Å². The van der Waals surface area contributed by atoms with E-state index in [1.54, 1.807) is 103 Å². The smallest absolute Gasteiger partial charge is 0.0104 e. The van der Waals surface area contributed by atoms with Gasteiger partial charge in [-0.1, -0.05) is 91.9 Å². The first kappa shape index (κ1) is 40.0. The molecule has 10 fully saturated rings. The normalized spacial score (nSPS) is 47.2. The highest BCUT2D eigenvalue weighted by Gasteiger charge is 2.60. The van der Waals surface area contributed by atoms with Crippen molar-refractivity contribution < 1.29 is 0 Å². The van der Waals surface area contributed by atoms with Gasteiger partial charge in [0.15, 0.2) is 0 Å². The molecule has 0 aromatic heterocycles. The van der Waals surface area contributed by atoms with E-state index in [1.807, 2.05) is 0 Å². The molecule has 0 aromatic carbocycles. The quantitative estimate of drug-likeness (QED) is 0.254. The number of nitrogens with zero attached hydrogens (tertiary/aromatic N) is 2. The summed E-state index contributed by atoms with van der Waals surface area (Å²) in [6.45, 7) is 11.1. The minimum absolute atomic E-state index is 0.570. The van der Waals surface area contributed by atoms with Crippen LogP contribution in [0.25, 0.3) is 0 Å². The Hall–Kier alpha value is -0.0800. The molecule has 0 bridgehead atoms. The van der Waals surface area contributed by atoms with Gasteiger partial charge in [-0.15, -0.1) is 0 Å². The fraction of sp³-hybridized carbons (Fsp3) is 1.00. The van der Waals surface area contributed by atoms with Gasteiger partial charge in [0.2, 0.25) is 0 Å². The van der Waals surface area contributed by atoms with Crippen LogP contribution in [0.4, 0.5) is 0 Å². The highest BCUT2D eigenvalue weighted by molar-refractivity contribution is 5.10. The van der Waals surface area contributed by atoms with E-state index in [-0.39, 0.29) is 0 Å². The number of rotatable bonds is 7. The number of hydrogen-bond acceptors (Lipinski definition) is 2. The van der Waals surface area contributed by atoms with Crippen molar-refractivity contribution in [2.75, 3.05) is 0 Å². The lowest BCUT2D eigenvalue weighted by molar-refractivity contribution is -0.0405. The summed E-state index contributed by atoms with van der Waals surface area (Å²) in [5.74, 6) is 10.4. The topological polar surface area (TPSA) is 6.48 Å². The van der Waals surface area contributed by atoms with Crippen molar-refractivity contribution in [2.45, 2.75) is 269 Å². The van der Waals surface area contributed by atoms with Gasteiger partial charge in [0.25, 0.3) is 0 Å². The molecule has 2 heteroatoms. The van der Waals surface area contributed by atoms with Crippen LogP contribution in [0.3, 0.4) is 0 Å². The summed E-state index contributed by atoms with van der Waals surface area (Å²) in [5.41, 5.74) is 1.14. The molecule has 2 nitrogen and oxygen atoms in total. The van der Waals surface area contributed by atoms with Crippen LogP contribution in [-0.4, -0.2) is 46.1 Å². The van der Waals surface area contributed by atoms with Gasteiger partial charge in [-0.05, 0) is 211 Å². The maximum atomic E-state index is 3.43. The van der Waals surface area contributed by atoms with E-state index < -0.39 is 0 Å². The highest BCUT2D eigenvalue weighted by Crippen LogP contribution is 2.66. The molecule has 0 saturated heterocycles. The van der Waals surface area contributed by atoms with Gasteiger partial charge in [-0.2, -0.15) is 0 Å². The first-order valence-corrected chi connectivity index (χ1v) is 26.8. The van der Waals surface area contributed by atoms with Gasteiger partial charge in [0, 0.05) is 36.3 Å². The molecule has 0 N–H and O–H groups in total. The zero-order valence-electron chi connectivity index (χ0n) is 37.8. The van der Waals surface area contributed by atoms with Gasteiger partial charge in [0.1, 0.15) is 0 Å². The van der Waals surface area contributed by atoms with Crippen molar-refractivity contribution in [2.24, 2.45) is 70.0 Å². The van der Waals surface area contributed by atoms with Crippen LogP contribution >= 0.6 is 0 Å². The van der Waals surface area contributed by atoms with Gasteiger partial charge >= 0.3 is 0 Å². The molecule has 0 radical (unpaired) electrons. The molecule has 0 aromatic rings. The Kier molecular flexibility index (Phi) is 11.9. The standard InChI is InChI=1S/C54H92N2/c1-53(2)49-21-13-11-19-45(49)47-33-31-43(35-51(47)53)56(44-32-34-48-46-20-12-14-22-50(46)54(3,4)52(48)36-44)42-29-25-38(26-30-42)37-23-27-41(28-24-37)55(39-15-7-5-8-16-39)40-17-9-6-10-18-40/h37-52H,5-36H2,1-4H3. The highest BCUT2D eigenvalue weighted by atomic mass is 15.2. The maximum absolute atomic E-state index is 3.43. The van der Waals surface area contributed by atoms with Crippen LogP contribution in [-0.2, 0) is 0 Å². The van der Waals surface area contributed by atoms with E-state index in [1.165, 1.54) is 103 Å². The summed E-state index contributed by atoms with van der Waals surface area (Å²) in [6.07, 6.45) is 49.2. The Morgan fingerprint density at radius 1 is 0.268 bits per heavy atom. The van der Waals surface area contributed by atoms with Crippen molar-refractivity contribution in [1.82, 2.24) is 9.80 Å². The number of hydrogen-bond donors (Lipinski definition) is 0. The molecule has 10 unspecified atom stereocenters.